The Morgan fingerprint density at radius 2 is 1.69 bits per heavy atom. The van der Waals surface area contributed by atoms with Gasteiger partial charge in [0.1, 0.15) is 0 Å². The van der Waals surface area contributed by atoms with Gasteiger partial charge in [-0.05, 0) is 42.5 Å². The molecule has 0 fully saturated rings. The third-order valence-corrected chi connectivity index (χ3v) is 4.09. The zero-order valence-electron chi connectivity index (χ0n) is 14.5. The van der Waals surface area contributed by atoms with E-state index in [0.29, 0.717) is 11.5 Å². The van der Waals surface area contributed by atoms with Crippen LogP contribution in [-0.4, -0.2) is 28.8 Å². The molecule has 0 spiro atoms. The number of para-hydroxylation sites is 1. The van der Waals surface area contributed by atoms with Crippen molar-refractivity contribution in [3.8, 4) is 22.8 Å². The van der Waals surface area contributed by atoms with Gasteiger partial charge in [-0.1, -0.05) is 18.2 Å². The third kappa shape index (κ3) is 2.93. The van der Waals surface area contributed by atoms with E-state index in [4.69, 9.17) is 14.6 Å². The SMILES string of the molecule is COc1ccc(-c2ccc3ncc(Nc4ccccc4)n3n2)cc1OC. The molecule has 0 saturated heterocycles. The molecular formula is C20H18N4O2. The van der Waals surface area contributed by atoms with Crippen molar-refractivity contribution in [2.24, 2.45) is 0 Å². The molecule has 4 rings (SSSR count). The smallest absolute Gasteiger partial charge is 0.161 e. The van der Waals surface area contributed by atoms with Crippen LogP contribution in [0.1, 0.15) is 0 Å². The fraction of sp³-hybridized carbons (Fsp3) is 0.100. The average Bonchev–Trinajstić information content (AvgIpc) is 3.10. The van der Waals surface area contributed by atoms with Crippen LogP contribution in [-0.2, 0) is 0 Å². The van der Waals surface area contributed by atoms with Crippen LogP contribution < -0.4 is 14.8 Å². The maximum absolute atomic E-state index is 5.39. The van der Waals surface area contributed by atoms with E-state index in [1.165, 1.54) is 0 Å². The molecule has 0 aliphatic heterocycles. The van der Waals surface area contributed by atoms with Crippen molar-refractivity contribution in [3.63, 3.8) is 0 Å². The number of aromatic nitrogens is 3. The van der Waals surface area contributed by atoms with Crippen LogP contribution in [0.25, 0.3) is 16.9 Å². The summed E-state index contributed by atoms with van der Waals surface area (Å²) in [5.74, 6) is 2.15. The van der Waals surface area contributed by atoms with Gasteiger partial charge in [-0.3, -0.25) is 0 Å². The second kappa shape index (κ2) is 6.76. The standard InChI is InChI=1S/C20H18N4O2/c1-25-17-10-8-14(12-18(17)26-2)16-9-11-19-21-13-20(24(19)23-16)22-15-6-4-3-5-7-15/h3-13,22H,1-2H3. The molecule has 6 heteroatoms. The van der Waals surface area contributed by atoms with Crippen molar-refractivity contribution in [2.75, 3.05) is 19.5 Å². The summed E-state index contributed by atoms with van der Waals surface area (Å²) in [7, 11) is 3.24. The van der Waals surface area contributed by atoms with Crippen molar-refractivity contribution in [3.05, 3.63) is 66.9 Å². The van der Waals surface area contributed by atoms with Gasteiger partial charge in [0.05, 0.1) is 26.1 Å². The number of ether oxygens (including phenoxy) is 2. The number of hydrogen-bond donors (Lipinski definition) is 1. The normalized spacial score (nSPS) is 10.7. The number of nitrogens with zero attached hydrogens (tertiary/aromatic N) is 3. The Morgan fingerprint density at radius 3 is 2.46 bits per heavy atom. The Kier molecular flexibility index (Phi) is 4.15. The van der Waals surface area contributed by atoms with E-state index in [1.807, 2.05) is 60.7 Å². The molecule has 6 nitrogen and oxygen atoms in total. The fourth-order valence-corrected chi connectivity index (χ4v) is 2.78. The fourth-order valence-electron chi connectivity index (χ4n) is 2.78. The van der Waals surface area contributed by atoms with E-state index < -0.39 is 0 Å². The number of hydrogen-bond acceptors (Lipinski definition) is 5. The minimum Gasteiger partial charge on any atom is -0.493 e. The summed E-state index contributed by atoms with van der Waals surface area (Å²) in [4.78, 5) is 4.40. The number of imidazole rings is 1. The quantitative estimate of drug-likeness (QED) is 0.588. The lowest BCUT2D eigenvalue weighted by molar-refractivity contribution is 0.355. The van der Waals surface area contributed by atoms with E-state index in [-0.39, 0.29) is 0 Å². The minimum absolute atomic E-state index is 0.667. The maximum Gasteiger partial charge on any atom is 0.161 e. The second-order valence-corrected chi connectivity index (χ2v) is 5.69. The Hall–Kier alpha value is -3.54. The highest BCUT2D eigenvalue weighted by atomic mass is 16.5. The lowest BCUT2D eigenvalue weighted by Gasteiger charge is -2.10. The summed E-state index contributed by atoms with van der Waals surface area (Å²) in [6, 6.07) is 19.6. The van der Waals surface area contributed by atoms with E-state index in [1.54, 1.807) is 24.9 Å². The van der Waals surface area contributed by atoms with Crippen molar-refractivity contribution < 1.29 is 9.47 Å². The largest absolute Gasteiger partial charge is 0.493 e. The summed E-state index contributed by atoms with van der Waals surface area (Å²) >= 11 is 0. The maximum atomic E-state index is 5.39. The number of methoxy groups -OCH3 is 2. The van der Waals surface area contributed by atoms with Gasteiger partial charge in [0, 0.05) is 11.3 Å². The molecule has 0 bridgehead atoms. The molecule has 26 heavy (non-hydrogen) atoms. The van der Waals surface area contributed by atoms with Gasteiger partial charge >= 0.3 is 0 Å². The van der Waals surface area contributed by atoms with Crippen LogP contribution in [0.5, 0.6) is 11.5 Å². The molecule has 0 amide bonds. The van der Waals surface area contributed by atoms with Gasteiger partial charge in [-0.25, -0.2) is 4.98 Å². The monoisotopic (exact) mass is 346 g/mol. The lowest BCUT2D eigenvalue weighted by Crippen LogP contribution is -2.00. The third-order valence-electron chi connectivity index (χ3n) is 4.09. The highest BCUT2D eigenvalue weighted by Gasteiger charge is 2.10. The molecule has 0 aliphatic carbocycles. The predicted octanol–water partition coefficient (Wildman–Crippen LogP) is 4.16. The van der Waals surface area contributed by atoms with Crippen LogP contribution >= 0.6 is 0 Å². The molecule has 2 aromatic carbocycles. The first-order chi connectivity index (χ1) is 12.8. The van der Waals surface area contributed by atoms with E-state index in [0.717, 1.165) is 28.4 Å². The molecule has 2 aromatic heterocycles. The van der Waals surface area contributed by atoms with E-state index in [2.05, 4.69) is 10.3 Å². The second-order valence-electron chi connectivity index (χ2n) is 5.69. The molecule has 4 aromatic rings. The molecule has 130 valence electrons. The van der Waals surface area contributed by atoms with Gasteiger partial charge in [-0.15, -0.1) is 0 Å². The topological polar surface area (TPSA) is 60.7 Å². The molecular weight excluding hydrogens is 328 g/mol. The molecule has 2 heterocycles. The summed E-state index contributed by atoms with van der Waals surface area (Å²) < 4.78 is 12.5. The molecule has 0 aliphatic rings. The first kappa shape index (κ1) is 16.0. The predicted molar refractivity (Wildman–Crippen MR) is 101 cm³/mol. The number of anilines is 2. The van der Waals surface area contributed by atoms with Gasteiger partial charge in [0.25, 0.3) is 0 Å². The zero-order valence-corrected chi connectivity index (χ0v) is 14.5. The van der Waals surface area contributed by atoms with Crippen molar-refractivity contribution in [1.29, 1.82) is 0 Å². The molecule has 0 saturated carbocycles. The van der Waals surface area contributed by atoms with Crippen LogP contribution in [0, 0.1) is 0 Å². The minimum atomic E-state index is 0.667. The molecule has 1 N–H and O–H groups in total. The summed E-state index contributed by atoms with van der Waals surface area (Å²) in [6.07, 6.45) is 1.77. The first-order valence-corrected chi connectivity index (χ1v) is 8.18. The lowest BCUT2D eigenvalue weighted by atomic mass is 10.1. The van der Waals surface area contributed by atoms with E-state index in [9.17, 15) is 0 Å². The van der Waals surface area contributed by atoms with Crippen LogP contribution in [0.15, 0.2) is 66.9 Å². The summed E-state index contributed by atoms with van der Waals surface area (Å²) in [5, 5.41) is 8.07. The number of fused-ring (bicyclic) bond motifs is 1. The van der Waals surface area contributed by atoms with Crippen LogP contribution in [0.4, 0.5) is 11.5 Å². The van der Waals surface area contributed by atoms with Crippen molar-refractivity contribution in [1.82, 2.24) is 14.6 Å². The van der Waals surface area contributed by atoms with Crippen LogP contribution in [0.3, 0.4) is 0 Å². The highest BCUT2D eigenvalue weighted by Crippen LogP contribution is 2.31. The molecule has 0 unspecified atom stereocenters. The number of rotatable bonds is 5. The van der Waals surface area contributed by atoms with E-state index >= 15 is 0 Å². The number of nitrogens with one attached hydrogen (secondary N) is 1. The Morgan fingerprint density at radius 1 is 0.885 bits per heavy atom. The Labute approximate surface area is 151 Å². The molecule has 0 atom stereocenters. The average molecular weight is 346 g/mol. The van der Waals surface area contributed by atoms with Crippen LogP contribution in [0.2, 0.25) is 0 Å². The zero-order chi connectivity index (χ0) is 17.9. The van der Waals surface area contributed by atoms with Gasteiger partial charge < -0.3 is 14.8 Å². The summed E-state index contributed by atoms with van der Waals surface area (Å²) in [5.41, 5.74) is 3.50. The first-order valence-electron chi connectivity index (χ1n) is 8.18. The highest BCUT2D eigenvalue weighted by molar-refractivity contribution is 5.66. The number of benzene rings is 2. The van der Waals surface area contributed by atoms with Gasteiger partial charge in [0.15, 0.2) is 23.0 Å². The van der Waals surface area contributed by atoms with Crippen molar-refractivity contribution >= 4 is 17.2 Å². The molecule has 0 radical (unpaired) electrons. The Balaban J connectivity index is 1.74. The van der Waals surface area contributed by atoms with Gasteiger partial charge in [0.2, 0.25) is 0 Å². The van der Waals surface area contributed by atoms with Gasteiger partial charge in [-0.2, -0.15) is 9.61 Å². The van der Waals surface area contributed by atoms with Crippen molar-refractivity contribution in [2.45, 2.75) is 0 Å². The summed E-state index contributed by atoms with van der Waals surface area (Å²) in [6.45, 7) is 0. The Bertz CT molecular complexity index is 1040.